The smallest absolute Gasteiger partial charge is 0.0375 e. The largest absolute Gasteiger partial charge is 0.360 e. The Hall–Kier alpha value is -1.24. The summed E-state index contributed by atoms with van der Waals surface area (Å²) in [5.74, 6) is 0. The molecule has 0 bridgehead atoms. The van der Waals surface area contributed by atoms with Gasteiger partial charge in [0.1, 0.15) is 0 Å². The van der Waals surface area contributed by atoms with Crippen LogP contribution in [0.4, 0.5) is 0 Å². The first-order valence-electron chi connectivity index (χ1n) is 3.08. The van der Waals surface area contributed by atoms with Crippen molar-refractivity contribution in [1.82, 2.24) is 5.32 Å². The summed E-state index contributed by atoms with van der Waals surface area (Å²) in [4.78, 5) is 0. The normalized spacial score (nSPS) is 10.3. The van der Waals surface area contributed by atoms with E-state index in [1.165, 1.54) is 0 Å². The van der Waals surface area contributed by atoms with Crippen LogP contribution in [-0.4, -0.2) is 0 Å². The minimum absolute atomic E-state index is 0.896. The Bertz CT molecular complexity index is 175. The lowest BCUT2D eigenvalue weighted by atomic mass is 10.3. The van der Waals surface area contributed by atoms with Crippen LogP contribution in [0.1, 0.15) is 6.92 Å². The molecule has 0 aliphatic carbocycles. The molecule has 0 atom stereocenters. The molecule has 0 aliphatic heterocycles. The van der Waals surface area contributed by atoms with E-state index in [0.29, 0.717) is 0 Å². The van der Waals surface area contributed by atoms with E-state index in [4.69, 9.17) is 0 Å². The van der Waals surface area contributed by atoms with Crippen molar-refractivity contribution in [3.63, 3.8) is 0 Å². The molecule has 0 rings (SSSR count). The molecule has 1 heteroatoms. The molecule has 0 heterocycles. The molecule has 0 aromatic carbocycles. The van der Waals surface area contributed by atoms with Crippen molar-refractivity contribution in [2.45, 2.75) is 6.92 Å². The van der Waals surface area contributed by atoms with E-state index >= 15 is 0 Å². The summed E-state index contributed by atoms with van der Waals surface area (Å²) in [7, 11) is 0. The molecule has 0 aliphatic rings. The zero-order valence-corrected chi connectivity index (χ0v) is 6.35. The second-order valence-corrected chi connectivity index (χ2v) is 1.97. The summed E-state index contributed by atoms with van der Waals surface area (Å²) in [6.07, 6.45) is 5.25. The molecule has 0 aromatic rings. The molecule has 54 valence electrons. The van der Waals surface area contributed by atoms with Crippen LogP contribution in [0.3, 0.4) is 0 Å². The fraction of sp³-hybridized carbons (Fsp3) is 0.111. The molecule has 0 aromatic heterocycles. The molecule has 0 unspecified atom stereocenters. The van der Waals surface area contributed by atoms with Gasteiger partial charge in [-0.2, -0.15) is 0 Å². The lowest BCUT2D eigenvalue weighted by Gasteiger charge is -2.03. The van der Waals surface area contributed by atoms with Crippen molar-refractivity contribution in [3.05, 3.63) is 49.4 Å². The molecule has 0 amide bonds. The average molecular weight is 135 g/mol. The third-order valence-electron chi connectivity index (χ3n) is 0.875. The van der Waals surface area contributed by atoms with E-state index in [2.05, 4.69) is 25.1 Å². The van der Waals surface area contributed by atoms with Gasteiger partial charge in [-0.05, 0) is 19.1 Å². The van der Waals surface area contributed by atoms with E-state index in [0.717, 1.165) is 11.4 Å². The molecule has 10 heavy (non-hydrogen) atoms. The van der Waals surface area contributed by atoms with Gasteiger partial charge in [0.2, 0.25) is 0 Å². The molecule has 0 spiro atoms. The Morgan fingerprint density at radius 3 is 2.30 bits per heavy atom. The van der Waals surface area contributed by atoms with Gasteiger partial charge in [-0.3, -0.25) is 0 Å². The van der Waals surface area contributed by atoms with Crippen molar-refractivity contribution in [1.29, 1.82) is 0 Å². The first kappa shape index (κ1) is 8.76. The van der Waals surface area contributed by atoms with Crippen LogP contribution in [0, 0.1) is 0 Å². The van der Waals surface area contributed by atoms with Gasteiger partial charge in [-0.15, -0.1) is 0 Å². The highest BCUT2D eigenvalue weighted by Gasteiger charge is 1.85. The van der Waals surface area contributed by atoms with Crippen molar-refractivity contribution in [3.8, 4) is 0 Å². The monoisotopic (exact) mass is 135 g/mol. The Labute approximate surface area is 62.5 Å². The van der Waals surface area contributed by atoms with Crippen LogP contribution in [0.25, 0.3) is 0 Å². The van der Waals surface area contributed by atoms with E-state index in [1.54, 1.807) is 12.2 Å². The van der Waals surface area contributed by atoms with Gasteiger partial charge in [-0.1, -0.05) is 25.8 Å². The Balaban J connectivity index is 4.08. The number of hydrogen-bond acceptors (Lipinski definition) is 1. The second-order valence-electron chi connectivity index (χ2n) is 1.97. The van der Waals surface area contributed by atoms with Gasteiger partial charge < -0.3 is 5.32 Å². The molecule has 0 fully saturated rings. The molecule has 1 N–H and O–H groups in total. The van der Waals surface area contributed by atoms with Crippen LogP contribution < -0.4 is 5.32 Å². The summed E-state index contributed by atoms with van der Waals surface area (Å²) in [5, 5.41) is 3.01. The number of allylic oxidation sites excluding steroid dienone is 4. The lowest BCUT2D eigenvalue weighted by Crippen LogP contribution is -2.06. The summed E-state index contributed by atoms with van der Waals surface area (Å²) in [6.45, 7) is 12.8. The molecular weight excluding hydrogens is 122 g/mol. The molecule has 0 radical (unpaired) electrons. The van der Waals surface area contributed by atoms with Gasteiger partial charge in [0.25, 0.3) is 0 Å². The maximum atomic E-state index is 3.69. The quantitative estimate of drug-likeness (QED) is 0.583. The predicted molar refractivity (Wildman–Crippen MR) is 46.4 cm³/mol. The Morgan fingerprint density at radius 2 is 2.00 bits per heavy atom. The minimum atomic E-state index is 0.896. The van der Waals surface area contributed by atoms with Gasteiger partial charge in [0, 0.05) is 11.4 Å². The zero-order valence-electron chi connectivity index (χ0n) is 6.35. The van der Waals surface area contributed by atoms with Crippen molar-refractivity contribution in [2.24, 2.45) is 0 Å². The third-order valence-corrected chi connectivity index (χ3v) is 0.875. The maximum absolute atomic E-state index is 3.69. The van der Waals surface area contributed by atoms with E-state index in [-0.39, 0.29) is 0 Å². The summed E-state index contributed by atoms with van der Waals surface area (Å²) in [6, 6.07) is 0. The number of hydrogen-bond donors (Lipinski definition) is 1. The Morgan fingerprint density at radius 1 is 1.40 bits per heavy atom. The maximum Gasteiger partial charge on any atom is 0.0375 e. The summed E-state index contributed by atoms with van der Waals surface area (Å²) < 4.78 is 0. The standard InChI is InChI=1S/C9H13N/c1-5-7-9(6-2)10-8(3)4/h5-7,10H,1-3H2,4H3/b9-7+. The van der Waals surface area contributed by atoms with Crippen LogP contribution in [0.15, 0.2) is 49.4 Å². The van der Waals surface area contributed by atoms with Crippen molar-refractivity contribution < 1.29 is 0 Å². The average Bonchev–Trinajstić information content (AvgIpc) is 1.86. The zero-order chi connectivity index (χ0) is 7.98. The first-order valence-corrected chi connectivity index (χ1v) is 3.08. The lowest BCUT2D eigenvalue weighted by molar-refractivity contribution is 1.01. The highest BCUT2D eigenvalue weighted by molar-refractivity contribution is 5.22. The first-order chi connectivity index (χ1) is 4.70. The number of rotatable bonds is 4. The molecule has 1 nitrogen and oxygen atoms in total. The van der Waals surface area contributed by atoms with Crippen molar-refractivity contribution in [2.75, 3.05) is 0 Å². The van der Waals surface area contributed by atoms with Gasteiger partial charge >= 0.3 is 0 Å². The van der Waals surface area contributed by atoms with E-state index < -0.39 is 0 Å². The predicted octanol–water partition coefficient (Wildman–Crippen LogP) is 2.37. The molecule has 0 saturated heterocycles. The molecule has 0 saturated carbocycles. The Kier molecular flexibility index (Phi) is 4.05. The van der Waals surface area contributed by atoms with Gasteiger partial charge in [-0.25, -0.2) is 0 Å². The summed E-state index contributed by atoms with van der Waals surface area (Å²) in [5.41, 5.74) is 1.82. The highest BCUT2D eigenvalue weighted by atomic mass is 14.9. The fourth-order valence-corrected chi connectivity index (χ4v) is 0.534. The third kappa shape index (κ3) is 3.72. The van der Waals surface area contributed by atoms with Gasteiger partial charge in [0.15, 0.2) is 0 Å². The minimum Gasteiger partial charge on any atom is -0.360 e. The topological polar surface area (TPSA) is 12.0 Å². The van der Waals surface area contributed by atoms with Crippen LogP contribution >= 0.6 is 0 Å². The fourth-order valence-electron chi connectivity index (χ4n) is 0.534. The number of nitrogens with one attached hydrogen (secondary N) is 1. The van der Waals surface area contributed by atoms with Crippen LogP contribution in [0.2, 0.25) is 0 Å². The highest BCUT2D eigenvalue weighted by Crippen LogP contribution is 1.93. The SMILES string of the molecule is C=C/C=C(\C=C)NC(=C)C. The van der Waals surface area contributed by atoms with E-state index in [1.807, 2.05) is 13.0 Å². The van der Waals surface area contributed by atoms with E-state index in [9.17, 15) is 0 Å². The van der Waals surface area contributed by atoms with Gasteiger partial charge in [0.05, 0.1) is 0 Å². The van der Waals surface area contributed by atoms with Crippen molar-refractivity contribution >= 4 is 0 Å². The molecular formula is C9H13N. The second kappa shape index (κ2) is 4.62. The van der Waals surface area contributed by atoms with Crippen LogP contribution in [0.5, 0.6) is 0 Å². The van der Waals surface area contributed by atoms with Crippen LogP contribution in [-0.2, 0) is 0 Å². The summed E-state index contributed by atoms with van der Waals surface area (Å²) >= 11 is 0.